The lowest BCUT2D eigenvalue weighted by atomic mass is 9.93. The van der Waals surface area contributed by atoms with Gasteiger partial charge < -0.3 is 25.6 Å². The van der Waals surface area contributed by atoms with E-state index in [0.29, 0.717) is 37.3 Å². The van der Waals surface area contributed by atoms with Crippen molar-refractivity contribution in [2.45, 2.75) is 69.4 Å². The van der Waals surface area contributed by atoms with Crippen molar-refractivity contribution >= 4 is 44.4 Å². The molecule has 1 aliphatic carbocycles. The minimum atomic E-state index is -1.06. The highest BCUT2D eigenvalue weighted by Gasteiger charge is 2.44. The van der Waals surface area contributed by atoms with Crippen LogP contribution in [0.1, 0.15) is 67.3 Å². The largest absolute Gasteiger partial charge is 0.381 e. The second kappa shape index (κ2) is 15.8. The molecule has 3 amide bonds. The van der Waals surface area contributed by atoms with Crippen molar-refractivity contribution in [3.63, 3.8) is 0 Å². The zero-order valence-corrected chi connectivity index (χ0v) is 28.7. The Hall–Kier alpha value is -3.27. The van der Waals surface area contributed by atoms with Gasteiger partial charge in [0, 0.05) is 42.8 Å². The van der Waals surface area contributed by atoms with E-state index in [1.165, 1.54) is 0 Å². The Labute approximate surface area is 286 Å². The molecule has 2 aliphatic heterocycles. The molecule has 2 heterocycles. The molecule has 0 aromatic heterocycles. The highest BCUT2D eigenvalue weighted by molar-refractivity contribution is 9.10. The molecule has 0 unspecified atom stereocenters. The summed E-state index contributed by atoms with van der Waals surface area (Å²) in [5, 5.41) is 11.4. The Kier molecular flexibility index (Phi) is 11.3. The van der Waals surface area contributed by atoms with Gasteiger partial charge in [-0.05, 0) is 98.0 Å². The zero-order valence-electron chi connectivity index (χ0n) is 27.1. The van der Waals surface area contributed by atoms with Crippen molar-refractivity contribution in [3.8, 4) is 0 Å². The molecule has 3 aromatic rings. The number of carbonyl (C=O) groups is 3. The van der Waals surface area contributed by atoms with Crippen LogP contribution < -0.4 is 16.0 Å². The van der Waals surface area contributed by atoms with Gasteiger partial charge in [-0.25, -0.2) is 0 Å². The molecule has 3 N–H and O–H groups in total. The van der Waals surface area contributed by atoms with Gasteiger partial charge in [-0.2, -0.15) is 0 Å². The number of amides is 3. The minimum absolute atomic E-state index is 0.175. The molecule has 9 heteroatoms. The summed E-state index contributed by atoms with van der Waals surface area (Å²) in [5.41, 5.74) is 0.420. The lowest BCUT2D eigenvalue weighted by Crippen LogP contribution is -2.61. The summed E-state index contributed by atoms with van der Waals surface area (Å²) < 4.78 is 6.49. The standard InChI is InChI=1S/C38H47BrN4O4/c39-33-10-6-9-30-24-31(11-12-32(30)33)35(44)42-38(17-4-5-18-38)37(46)41-34(23-27-7-2-1-3-8-27)36(45)40-25-28-13-19-43(20-14-28)26-29-15-21-47-22-16-29/h1-3,6-12,24,28-29,34H,4-5,13-23,25-26H2,(H,40,45)(H,41,46)(H,42,44)/t34-/m1/s1. The predicted octanol–water partition coefficient (Wildman–Crippen LogP) is 5.63. The summed E-state index contributed by atoms with van der Waals surface area (Å²) in [6, 6.07) is 20.5. The maximum atomic E-state index is 14.1. The van der Waals surface area contributed by atoms with Crippen LogP contribution in [0.5, 0.6) is 0 Å². The van der Waals surface area contributed by atoms with Gasteiger partial charge in [0.1, 0.15) is 11.6 Å². The molecule has 250 valence electrons. The quantitative estimate of drug-likeness (QED) is 0.241. The first kappa shape index (κ1) is 33.6. The fraction of sp³-hybridized carbons (Fsp3) is 0.500. The SMILES string of the molecule is O=C(NC1(C(=O)N[C@H](Cc2ccccc2)C(=O)NCC2CCN(CC3CCOCC3)CC2)CCCC1)c1ccc2c(Br)cccc2c1. The van der Waals surface area contributed by atoms with Crippen molar-refractivity contribution in [2.24, 2.45) is 11.8 Å². The van der Waals surface area contributed by atoms with Crippen molar-refractivity contribution < 1.29 is 19.1 Å². The fourth-order valence-corrected chi connectivity index (χ4v) is 7.97. The van der Waals surface area contributed by atoms with Crippen LogP contribution in [0, 0.1) is 11.8 Å². The third-order valence-corrected chi connectivity index (χ3v) is 11.1. The third kappa shape index (κ3) is 8.61. The van der Waals surface area contributed by atoms with Gasteiger partial charge >= 0.3 is 0 Å². The van der Waals surface area contributed by atoms with Crippen LogP contribution in [0.15, 0.2) is 71.2 Å². The molecule has 0 radical (unpaired) electrons. The molecule has 8 nitrogen and oxygen atoms in total. The van der Waals surface area contributed by atoms with Crippen LogP contribution in [0.2, 0.25) is 0 Å². The zero-order chi connectivity index (χ0) is 32.6. The first-order valence-electron chi connectivity index (χ1n) is 17.3. The van der Waals surface area contributed by atoms with Gasteiger partial charge in [0.15, 0.2) is 0 Å². The Morgan fingerprint density at radius 3 is 2.38 bits per heavy atom. The number of halogens is 1. The normalized spacial score (nSPS) is 19.7. The molecule has 47 heavy (non-hydrogen) atoms. The molecule has 3 aromatic carbocycles. The number of nitrogens with zero attached hydrogens (tertiary/aromatic N) is 1. The van der Waals surface area contributed by atoms with E-state index in [9.17, 15) is 14.4 Å². The summed E-state index contributed by atoms with van der Waals surface area (Å²) in [4.78, 5) is 43.9. The Morgan fingerprint density at radius 1 is 0.894 bits per heavy atom. The highest BCUT2D eigenvalue weighted by Crippen LogP contribution is 2.31. The summed E-state index contributed by atoms with van der Waals surface area (Å²) >= 11 is 3.58. The summed E-state index contributed by atoms with van der Waals surface area (Å²) in [5.74, 6) is 0.401. The van der Waals surface area contributed by atoms with Crippen LogP contribution in [0.4, 0.5) is 0 Å². The van der Waals surface area contributed by atoms with Gasteiger partial charge in [-0.15, -0.1) is 0 Å². The monoisotopic (exact) mass is 702 g/mol. The van der Waals surface area contributed by atoms with Crippen LogP contribution in [-0.4, -0.2) is 73.6 Å². The molecule has 2 saturated heterocycles. The first-order chi connectivity index (χ1) is 22.9. The Balaban J connectivity index is 1.09. The first-order valence-corrected chi connectivity index (χ1v) is 18.1. The number of benzene rings is 3. The number of hydrogen-bond donors (Lipinski definition) is 3. The van der Waals surface area contributed by atoms with E-state index < -0.39 is 11.6 Å². The van der Waals surface area contributed by atoms with Crippen molar-refractivity contribution in [1.29, 1.82) is 0 Å². The van der Waals surface area contributed by atoms with Gasteiger partial charge in [0.05, 0.1) is 0 Å². The highest BCUT2D eigenvalue weighted by atomic mass is 79.9. The van der Waals surface area contributed by atoms with Crippen molar-refractivity contribution in [1.82, 2.24) is 20.9 Å². The van der Waals surface area contributed by atoms with E-state index in [1.54, 1.807) is 6.07 Å². The summed E-state index contributed by atoms with van der Waals surface area (Å²) in [6.07, 6.45) is 7.54. The molecule has 1 atom stereocenters. The second-order valence-corrected chi connectivity index (χ2v) is 14.5. The van der Waals surface area contributed by atoms with E-state index in [1.807, 2.05) is 60.7 Å². The minimum Gasteiger partial charge on any atom is -0.381 e. The molecule has 0 bridgehead atoms. The van der Waals surface area contributed by atoms with Crippen LogP contribution in [-0.2, 0) is 20.7 Å². The van der Waals surface area contributed by atoms with Gasteiger partial charge in [0.2, 0.25) is 11.8 Å². The molecule has 1 saturated carbocycles. The summed E-state index contributed by atoms with van der Waals surface area (Å²) in [6.45, 7) is 5.61. The second-order valence-electron chi connectivity index (χ2n) is 13.7. The number of piperidine rings is 1. The number of carbonyl (C=O) groups excluding carboxylic acids is 3. The number of ether oxygens (including phenoxy) is 1. The number of nitrogens with one attached hydrogen (secondary N) is 3. The smallest absolute Gasteiger partial charge is 0.252 e. The topological polar surface area (TPSA) is 99.8 Å². The number of hydrogen-bond acceptors (Lipinski definition) is 5. The molecule has 3 fully saturated rings. The molecule has 3 aliphatic rings. The maximum Gasteiger partial charge on any atom is 0.252 e. The van der Waals surface area contributed by atoms with Gasteiger partial charge in [-0.3, -0.25) is 14.4 Å². The van der Waals surface area contributed by atoms with Crippen molar-refractivity contribution in [2.75, 3.05) is 39.4 Å². The van der Waals surface area contributed by atoms with Gasteiger partial charge in [-0.1, -0.05) is 77.3 Å². The van der Waals surface area contributed by atoms with Crippen LogP contribution in [0.3, 0.4) is 0 Å². The third-order valence-electron chi connectivity index (χ3n) is 10.4. The van der Waals surface area contributed by atoms with E-state index >= 15 is 0 Å². The fourth-order valence-electron chi connectivity index (χ4n) is 7.45. The average molecular weight is 704 g/mol. The summed E-state index contributed by atoms with van der Waals surface area (Å²) in [7, 11) is 0. The number of rotatable bonds is 11. The predicted molar refractivity (Wildman–Crippen MR) is 188 cm³/mol. The molecule has 6 rings (SSSR count). The van der Waals surface area contributed by atoms with Crippen molar-refractivity contribution in [3.05, 3.63) is 82.3 Å². The van der Waals surface area contributed by atoms with E-state index in [4.69, 9.17) is 4.74 Å². The molecule has 0 spiro atoms. The number of fused-ring (bicyclic) bond motifs is 1. The Bertz CT molecular complexity index is 1530. The van der Waals surface area contributed by atoms with E-state index in [2.05, 4.69) is 36.8 Å². The van der Waals surface area contributed by atoms with E-state index in [-0.39, 0.29) is 17.7 Å². The van der Waals surface area contributed by atoms with Crippen LogP contribution in [0.25, 0.3) is 10.8 Å². The maximum absolute atomic E-state index is 14.1. The Morgan fingerprint density at radius 2 is 1.64 bits per heavy atom. The van der Waals surface area contributed by atoms with E-state index in [0.717, 1.165) is 98.1 Å². The van der Waals surface area contributed by atoms with Gasteiger partial charge in [0.25, 0.3) is 5.91 Å². The average Bonchev–Trinajstić information content (AvgIpc) is 3.58. The molecular formula is C38H47BrN4O4. The lowest BCUT2D eigenvalue weighted by molar-refractivity contribution is -0.132. The number of likely N-dealkylation sites (tertiary alicyclic amines) is 1. The lowest BCUT2D eigenvalue weighted by Gasteiger charge is -2.35. The van der Waals surface area contributed by atoms with Crippen LogP contribution >= 0.6 is 15.9 Å². The molecular weight excluding hydrogens is 656 g/mol.